The first kappa shape index (κ1) is 83.9. The smallest absolute Gasteiger partial charge is 0.119 e. The summed E-state index contributed by atoms with van der Waals surface area (Å²) in [6, 6.07) is 20.3. The molecule has 6 aliphatic rings. The molecule has 572 valence electrons. The summed E-state index contributed by atoms with van der Waals surface area (Å²) < 4.78 is 21.0. The van der Waals surface area contributed by atoms with Crippen LogP contribution in [0.25, 0.3) is 0 Å². The minimum atomic E-state index is 0.249. The average Bonchev–Trinajstić information content (AvgIpc) is 1.41. The number of aromatic nitrogens is 8. The van der Waals surface area contributed by atoms with Gasteiger partial charge in [-0.15, -0.1) is 0 Å². The summed E-state index contributed by atoms with van der Waals surface area (Å²) in [5.41, 5.74) is 6.21. The third-order valence-electron chi connectivity index (χ3n) is 21.5. The number of nitrogens with zero attached hydrogens (tertiary/aromatic N) is 14. The number of benzene rings is 2. The van der Waals surface area contributed by atoms with Crippen LogP contribution in [-0.4, -0.2) is 192 Å². The average molecular weight is 1410 g/mol. The molecule has 6 saturated heterocycles. The van der Waals surface area contributed by atoms with Crippen molar-refractivity contribution in [2.75, 3.05) is 78.5 Å². The maximum atomic E-state index is 6.04. The molecule has 0 radical (unpaired) electrons. The summed E-state index contributed by atoms with van der Waals surface area (Å²) in [6.07, 6.45) is 32.6. The first-order valence-electron chi connectivity index (χ1n) is 39.8. The number of imidazole rings is 4. The molecule has 0 spiro atoms. The molecule has 16 heteroatoms. The van der Waals surface area contributed by atoms with Crippen molar-refractivity contribution in [3.05, 3.63) is 134 Å². The fourth-order valence-electron chi connectivity index (χ4n) is 15.4. The second kappa shape index (κ2) is 38.8. The Morgan fingerprint density at radius 3 is 0.696 bits per heavy atom. The molecule has 4 aromatic heterocycles. The van der Waals surface area contributed by atoms with Gasteiger partial charge >= 0.3 is 0 Å². The van der Waals surface area contributed by atoms with Crippen molar-refractivity contribution < 1.29 is 9.47 Å². The van der Waals surface area contributed by atoms with Crippen LogP contribution in [0, 0.1) is 51.4 Å². The summed E-state index contributed by atoms with van der Waals surface area (Å²) in [4.78, 5) is 32.7. The van der Waals surface area contributed by atoms with Gasteiger partial charge in [0.25, 0.3) is 0 Å². The lowest BCUT2D eigenvalue weighted by Gasteiger charge is -2.41. The lowest BCUT2D eigenvalue weighted by molar-refractivity contribution is 0.0347. The van der Waals surface area contributed by atoms with Gasteiger partial charge in [-0.1, -0.05) is 36.4 Å². The maximum absolute atomic E-state index is 6.04. The highest BCUT2D eigenvalue weighted by Crippen LogP contribution is 2.31. The molecule has 10 heterocycles. The van der Waals surface area contributed by atoms with Crippen LogP contribution in [0.2, 0.25) is 0 Å². The Morgan fingerprint density at radius 2 is 0.500 bits per heavy atom. The predicted molar refractivity (Wildman–Crippen MR) is 427 cm³/mol. The Labute approximate surface area is 622 Å². The van der Waals surface area contributed by atoms with Gasteiger partial charge in [0.1, 0.15) is 23.7 Å². The van der Waals surface area contributed by atoms with E-state index in [1.54, 1.807) is 0 Å². The Morgan fingerprint density at radius 1 is 0.294 bits per heavy atom. The van der Waals surface area contributed by atoms with E-state index in [1.807, 2.05) is 86.0 Å². The Hall–Kier alpha value is -5.36. The summed E-state index contributed by atoms with van der Waals surface area (Å²) in [6.45, 7) is 68.5. The third kappa shape index (κ3) is 29.9. The van der Waals surface area contributed by atoms with Crippen molar-refractivity contribution in [1.82, 2.24) is 67.6 Å². The molecule has 0 saturated carbocycles. The summed E-state index contributed by atoms with van der Waals surface area (Å²) in [5.74, 6) is 5.09. The molecular weight excluding hydrogens is 1260 g/mol. The minimum Gasteiger partial charge on any atom is -0.489 e. The topological polar surface area (TPSA) is 109 Å². The summed E-state index contributed by atoms with van der Waals surface area (Å²) >= 11 is 0. The van der Waals surface area contributed by atoms with Crippen LogP contribution >= 0.6 is 0 Å². The molecule has 0 bridgehead atoms. The predicted octanol–water partition coefficient (Wildman–Crippen LogP) is 17.5. The highest BCUT2D eigenvalue weighted by Gasteiger charge is 2.34. The van der Waals surface area contributed by atoms with Crippen molar-refractivity contribution in [3.8, 4) is 11.5 Å². The molecule has 102 heavy (non-hydrogen) atoms. The van der Waals surface area contributed by atoms with Crippen molar-refractivity contribution in [2.24, 2.45) is 23.7 Å². The molecule has 6 atom stereocenters. The van der Waals surface area contributed by atoms with E-state index < -0.39 is 0 Å². The van der Waals surface area contributed by atoms with Gasteiger partial charge in [-0.2, -0.15) is 0 Å². The van der Waals surface area contributed by atoms with Crippen LogP contribution < -0.4 is 9.47 Å². The standard InChI is InChI=1S/2C15H23NO.4C14H25N3/c2*1-15(2,3)16-11-7-10-14(12-16)17-13-8-5-4-6-9-13;4*1-12-8-16(11-15-12)9-13-6-5-7-17(10-13)14(2,3)4/h2*4-6,8-9,14H,7,10-12H2,1-3H3;4*8,11,13H,5-7,9-10H2,1-4H3/t;;4*13-/m..1100/s1. The molecule has 6 fully saturated rings. The van der Waals surface area contributed by atoms with Crippen LogP contribution in [0.1, 0.15) is 224 Å². The number of likely N-dealkylation sites (tertiary alicyclic amines) is 6. The number of piperidine rings is 6. The van der Waals surface area contributed by atoms with Crippen LogP contribution in [0.5, 0.6) is 11.5 Å². The van der Waals surface area contributed by atoms with E-state index in [-0.39, 0.29) is 11.1 Å². The Bertz CT molecular complexity index is 2890. The van der Waals surface area contributed by atoms with Crippen molar-refractivity contribution >= 4 is 0 Å². The second-order valence-corrected chi connectivity index (χ2v) is 37.0. The van der Waals surface area contributed by atoms with Crippen molar-refractivity contribution in [2.45, 2.75) is 301 Å². The van der Waals surface area contributed by atoms with E-state index >= 15 is 0 Å². The van der Waals surface area contributed by atoms with E-state index in [9.17, 15) is 0 Å². The maximum Gasteiger partial charge on any atom is 0.119 e. The number of hydrogen-bond donors (Lipinski definition) is 0. The highest BCUT2D eigenvalue weighted by atomic mass is 16.5. The van der Waals surface area contributed by atoms with Crippen LogP contribution in [-0.2, 0) is 26.2 Å². The van der Waals surface area contributed by atoms with E-state index in [0.717, 1.165) is 97.2 Å². The van der Waals surface area contributed by atoms with E-state index in [4.69, 9.17) is 9.47 Å². The Kier molecular flexibility index (Phi) is 31.9. The largest absolute Gasteiger partial charge is 0.489 e. The number of aryl methyl sites for hydroxylation is 4. The molecule has 6 aromatic rings. The summed E-state index contributed by atoms with van der Waals surface area (Å²) in [7, 11) is 0. The van der Waals surface area contributed by atoms with Crippen LogP contribution in [0.4, 0.5) is 0 Å². The molecule has 0 aliphatic carbocycles. The van der Waals surface area contributed by atoms with Gasteiger partial charge in [0, 0.05) is 123 Å². The molecule has 2 aromatic carbocycles. The van der Waals surface area contributed by atoms with Gasteiger partial charge in [0.05, 0.1) is 48.1 Å². The zero-order valence-electron chi connectivity index (χ0n) is 68.7. The number of para-hydroxylation sites is 2. The fourth-order valence-corrected chi connectivity index (χ4v) is 15.4. The number of ether oxygens (including phenoxy) is 2. The molecule has 0 N–H and O–H groups in total. The molecule has 12 rings (SSSR count). The fraction of sp³-hybridized carbons (Fsp3) is 0.721. The zero-order valence-corrected chi connectivity index (χ0v) is 68.7. The van der Waals surface area contributed by atoms with E-state index in [1.165, 1.54) is 142 Å². The van der Waals surface area contributed by atoms with Gasteiger partial charge in [-0.05, 0) is 317 Å². The van der Waals surface area contributed by atoms with Crippen molar-refractivity contribution in [3.63, 3.8) is 0 Å². The van der Waals surface area contributed by atoms with Crippen LogP contribution in [0.3, 0.4) is 0 Å². The number of rotatable bonds is 12. The van der Waals surface area contributed by atoms with Gasteiger partial charge in [0.15, 0.2) is 0 Å². The third-order valence-corrected chi connectivity index (χ3v) is 21.5. The normalized spacial score (nSPS) is 22.8. The highest BCUT2D eigenvalue weighted by molar-refractivity contribution is 5.22. The van der Waals surface area contributed by atoms with Gasteiger partial charge in [-0.25, -0.2) is 19.9 Å². The molecule has 0 amide bonds. The lowest BCUT2D eigenvalue weighted by Crippen LogP contribution is -2.50. The van der Waals surface area contributed by atoms with E-state index in [0.29, 0.717) is 34.4 Å². The molecule has 16 nitrogen and oxygen atoms in total. The first-order chi connectivity index (χ1) is 47.9. The zero-order chi connectivity index (χ0) is 74.5. The van der Waals surface area contributed by atoms with Crippen molar-refractivity contribution in [1.29, 1.82) is 0 Å². The number of hydrogen-bond acceptors (Lipinski definition) is 12. The van der Waals surface area contributed by atoms with Gasteiger partial charge < -0.3 is 27.7 Å². The lowest BCUT2D eigenvalue weighted by atomic mass is 9.93. The second-order valence-electron chi connectivity index (χ2n) is 37.0. The van der Waals surface area contributed by atoms with Gasteiger partial charge in [0.2, 0.25) is 0 Å². The SMILES string of the molecule is CC(C)(C)N1CCCC(Oc2ccccc2)C1.CC(C)(C)N1CCCC(Oc2ccccc2)C1.Cc1cn(C[C@@H]2CCCN(C(C)(C)C)C2)cn1.Cc1cn(C[C@@H]2CCCN(C(C)(C)C)C2)cn1.Cc1cn(C[C@H]2CCCN(C(C)(C)C)C2)cn1.Cc1cn(C[C@H]2CCCN(C(C)(C)C)C2)cn1. The molecular formula is C86H146N14O2. The van der Waals surface area contributed by atoms with Gasteiger partial charge in [-0.3, -0.25) is 29.4 Å². The quantitative estimate of drug-likeness (QED) is 0.116. The summed E-state index contributed by atoms with van der Waals surface area (Å²) in [5, 5.41) is 0. The molecule has 2 unspecified atom stereocenters. The minimum absolute atomic E-state index is 0.249. The monoisotopic (exact) mass is 1410 g/mol. The van der Waals surface area contributed by atoms with E-state index in [2.05, 4.69) is 245 Å². The molecule has 6 aliphatic heterocycles. The van der Waals surface area contributed by atoms with Crippen LogP contribution in [0.15, 0.2) is 111 Å². The Balaban J connectivity index is 0.000000172. The first-order valence-corrected chi connectivity index (χ1v) is 39.8.